The number of aliphatic hydroxyl groups is 1. The van der Waals surface area contributed by atoms with Gasteiger partial charge in [-0.05, 0) is 25.1 Å². The predicted molar refractivity (Wildman–Crippen MR) is 106 cm³/mol. The highest BCUT2D eigenvalue weighted by atomic mass is 79.9. The lowest BCUT2D eigenvalue weighted by Crippen LogP contribution is -2.50. The van der Waals surface area contributed by atoms with E-state index in [1.807, 2.05) is 0 Å². The Hall–Kier alpha value is -0.720. The molecule has 1 aliphatic rings. The van der Waals surface area contributed by atoms with Gasteiger partial charge in [-0.3, -0.25) is 0 Å². The smallest absolute Gasteiger partial charge is 0.247 e. The van der Waals surface area contributed by atoms with E-state index < -0.39 is 32.2 Å². The first-order valence-corrected chi connectivity index (χ1v) is 12.5. The van der Waals surface area contributed by atoms with Crippen molar-refractivity contribution in [1.82, 2.24) is 8.61 Å². The maximum Gasteiger partial charge on any atom is 0.247 e. The van der Waals surface area contributed by atoms with Gasteiger partial charge in [-0.15, -0.1) is 0 Å². The second-order valence-corrected chi connectivity index (χ2v) is 11.7. The molecule has 2 rings (SSSR count). The second kappa shape index (κ2) is 8.34. The number of halogens is 1. The van der Waals surface area contributed by atoms with Crippen LogP contribution in [0.4, 0.5) is 0 Å². The zero-order valence-electron chi connectivity index (χ0n) is 15.7. The monoisotopic (exact) mass is 484 g/mol. The Balaban J connectivity index is 2.56. The van der Waals surface area contributed by atoms with Crippen molar-refractivity contribution in [2.24, 2.45) is 5.92 Å². The summed E-state index contributed by atoms with van der Waals surface area (Å²) in [6, 6.07) is 3.98. The third-order valence-electron chi connectivity index (χ3n) is 4.63. The van der Waals surface area contributed by atoms with Crippen molar-refractivity contribution in [3.63, 3.8) is 0 Å². The summed E-state index contributed by atoms with van der Waals surface area (Å²) in [5.74, 6) is -0.164. The van der Waals surface area contributed by atoms with E-state index in [0.717, 1.165) is 6.26 Å². The molecule has 0 unspecified atom stereocenters. The first-order valence-electron chi connectivity index (χ1n) is 8.38. The van der Waals surface area contributed by atoms with Gasteiger partial charge in [0.2, 0.25) is 20.0 Å². The van der Waals surface area contributed by atoms with E-state index in [1.54, 1.807) is 26.0 Å². The molecule has 1 aromatic rings. The molecule has 27 heavy (non-hydrogen) atoms. The van der Waals surface area contributed by atoms with E-state index in [9.17, 15) is 21.9 Å². The van der Waals surface area contributed by atoms with Gasteiger partial charge in [-0.25, -0.2) is 21.1 Å². The molecule has 3 atom stereocenters. The number of rotatable bonds is 5. The van der Waals surface area contributed by atoms with Gasteiger partial charge >= 0.3 is 0 Å². The summed E-state index contributed by atoms with van der Waals surface area (Å²) in [6.45, 7) is 3.28. The lowest BCUT2D eigenvalue weighted by Gasteiger charge is -2.37. The molecular weight excluding hydrogens is 460 g/mol. The van der Waals surface area contributed by atoms with Crippen molar-refractivity contribution in [2.75, 3.05) is 33.0 Å². The summed E-state index contributed by atoms with van der Waals surface area (Å²) in [7, 11) is -5.85. The molecule has 0 fully saturated rings. The molecule has 0 aliphatic carbocycles. The van der Waals surface area contributed by atoms with Crippen LogP contribution in [0.25, 0.3) is 0 Å². The number of ether oxygens (including phenoxy) is 1. The molecule has 0 bridgehead atoms. The lowest BCUT2D eigenvalue weighted by atomic mass is 10.0. The van der Waals surface area contributed by atoms with Crippen LogP contribution in [-0.2, 0) is 20.0 Å². The van der Waals surface area contributed by atoms with Crippen LogP contribution >= 0.6 is 15.9 Å². The van der Waals surface area contributed by atoms with Gasteiger partial charge in [0.25, 0.3) is 0 Å². The normalized spacial score (nSPS) is 24.6. The summed E-state index contributed by atoms with van der Waals surface area (Å²) < 4.78 is 59.0. The molecule has 0 aromatic heterocycles. The Labute approximate surface area is 169 Å². The topological polar surface area (TPSA) is 104 Å². The number of hydrogen-bond donors (Lipinski definition) is 1. The highest BCUT2D eigenvalue weighted by Gasteiger charge is 2.38. The fraction of sp³-hybridized carbons (Fsp3) is 0.625. The zero-order valence-corrected chi connectivity index (χ0v) is 18.9. The molecule has 1 aliphatic heterocycles. The summed E-state index contributed by atoms with van der Waals surface area (Å²) >= 11 is 3.31. The van der Waals surface area contributed by atoms with E-state index in [0.29, 0.717) is 4.47 Å². The van der Waals surface area contributed by atoms with E-state index in [1.165, 1.54) is 21.7 Å². The highest BCUT2D eigenvalue weighted by molar-refractivity contribution is 9.10. The van der Waals surface area contributed by atoms with Crippen molar-refractivity contribution in [2.45, 2.75) is 30.9 Å². The van der Waals surface area contributed by atoms with Crippen LogP contribution < -0.4 is 4.74 Å². The third-order valence-corrected chi connectivity index (χ3v) is 8.43. The van der Waals surface area contributed by atoms with Crippen LogP contribution in [-0.4, -0.2) is 75.7 Å². The SMILES string of the molecule is C[C@@H]1CN([C@H](C)CO)S(=O)(=O)c2ccc(Br)cc2O[C@H]1CN(C)S(C)(=O)=O. The Morgan fingerprint density at radius 3 is 2.63 bits per heavy atom. The highest BCUT2D eigenvalue weighted by Crippen LogP contribution is 2.35. The summed E-state index contributed by atoms with van der Waals surface area (Å²) in [6.07, 6.45) is 0.539. The number of nitrogens with zero attached hydrogens (tertiary/aromatic N) is 2. The third kappa shape index (κ3) is 5.01. The average Bonchev–Trinajstić information content (AvgIpc) is 2.56. The Bertz CT molecular complexity index is 890. The molecule has 0 spiro atoms. The molecule has 1 aromatic carbocycles. The van der Waals surface area contributed by atoms with Crippen molar-refractivity contribution in [1.29, 1.82) is 0 Å². The number of benzene rings is 1. The van der Waals surface area contributed by atoms with Crippen LogP contribution in [0.15, 0.2) is 27.6 Å². The summed E-state index contributed by atoms with van der Waals surface area (Å²) in [5, 5.41) is 9.55. The second-order valence-electron chi connectivity index (χ2n) is 6.87. The minimum absolute atomic E-state index is 0.00934. The average molecular weight is 485 g/mol. The van der Waals surface area contributed by atoms with Gasteiger partial charge in [-0.2, -0.15) is 4.31 Å². The van der Waals surface area contributed by atoms with Gasteiger partial charge < -0.3 is 9.84 Å². The molecule has 0 radical (unpaired) electrons. The number of sulfonamides is 2. The van der Waals surface area contributed by atoms with Gasteiger partial charge in [0, 0.05) is 30.0 Å². The molecular formula is C16H25BrN2O6S2. The molecule has 0 saturated carbocycles. The van der Waals surface area contributed by atoms with Gasteiger partial charge in [0.05, 0.1) is 19.4 Å². The largest absolute Gasteiger partial charge is 0.487 e. The Morgan fingerprint density at radius 2 is 2.07 bits per heavy atom. The summed E-state index contributed by atoms with van der Waals surface area (Å²) in [5.41, 5.74) is 0. The fourth-order valence-electron chi connectivity index (χ4n) is 2.81. The molecule has 154 valence electrons. The zero-order chi connectivity index (χ0) is 20.6. The molecule has 0 amide bonds. The first-order chi connectivity index (χ1) is 12.4. The maximum atomic E-state index is 13.1. The fourth-order valence-corrected chi connectivity index (χ4v) is 5.39. The molecule has 0 saturated heterocycles. The molecule has 1 N–H and O–H groups in total. The number of aliphatic hydroxyl groups excluding tert-OH is 1. The van der Waals surface area contributed by atoms with E-state index >= 15 is 0 Å². The Morgan fingerprint density at radius 1 is 1.44 bits per heavy atom. The minimum atomic E-state index is -3.89. The Kier molecular flexibility index (Phi) is 6.97. The lowest BCUT2D eigenvalue weighted by molar-refractivity contribution is 0.0905. The van der Waals surface area contributed by atoms with Crippen molar-refractivity contribution in [3.05, 3.63) is 22.7 Å². The maximum absolute atomic E-state index is 13.1. The van der Waals surface area contributed by atoms with Gasteiger partial charge in [0.1, 0.15) is 16.7 Å². The van der Waals surface area contributed by atoms with E-state index in [2.05, 4.69) is 15.9 Å². The van der Waals surface area contributed by atoms with Gasteiger partial charge in [0.15, 0.2) is 0 Å². The van der Waals surface area contributed by atoms with Crippen LogP contribution in [0.5, 0.6) is 5.75 Å². The number of hydrogen-bond acceptors (Lipinski definition) is 6. The van der Waals surface area contributed by atoms with Crippen LogP contribution in [0.3, 0.4) is 0 Å². The minimum Gasteiger partial charge on any atom is -0.487 e. The van der Waals surface area contributed by atoms with Crippen LogP contribution in [0, 0.1) is 5.92 Å². The van der Waals surface area contributed by atoms with Gasteiger partial charge in [-0.1, -0.05) is 22.9 Å². The first kappa shape index (κ1) is 22.6. The number of fused-ring (bicyclic) bond motifs is 1. The van der Waals surface area contributed by atoms with Crippen LogP contribution in [0.1, 0.15) is 13.8 Å². The molecule has 1 heterocycles. The van der Waals surface area contributed by atoms with Crippen LogP contribution in [0.2, 0.25) is 0 Å². The quantitative estimate of drug-likeness (QED) is 0.670. The van der Waals surface area contributed by atoms with E-state index in [4.69, 9.17) is 4.74 Å². The molecule has 11 heteroatoms. The molecule has 8 nitrogen and oxygen atoms in total. The standard InChI is InChI=1S/C16H25BrN2O6S2/c1-11-8-19(12(2)10-20)27(23,24)16-6-5-13(17)7-14(16)25-15(11)9-18(3)26(4,21)22/h5-7,11-12,15,20H,8-10H2,1-4H3/t11-,12-,15+/m1/s1. The predicted octanol–water partition coefficient (Wildman–Crippen LogP) is 1.11. The van der Waals surface area contributed by atoms with Crippen molar-refractivity contribution in [3.8, 4) is 5.75 Å². The number of likely N-dealkylation sites (N-methyl/N-ethyl adjacent to an activating group) is 1. The summed E-state index contributed by atoms with van der Waals surface area (Å²) in [4.78, 5) is -0.00934. The van der Waals surface area contributed by atoms with Crippen molar-refractivity contribution < 1.29 is 26.7 Å². The van der Waals surface area contributed by atoms with E-state index in [-0.39, 0.29) is 36.3 Å². The van der Waals surface area contributed by atoms with Crippen molar-refractivity contribution >= 4 is 36.0 Å².